The highest BCUT2D eigenvalue weighted by molar-refractivity contribution is 6.02. The molecular weight excluding hydrogens is 285 g/mol. The van der Waals surface area contributed by atoms with Crippen molar-refractivity contribution >= 4 is 16.9 Å². The molecule has 0 aliphatic carbocycles. The lowest BCUT2D eigenvalue weighted by Gasteiger charge is -2.20. The molecule has 0 unspecified atom stereocenters. The lowest BCUT2D eigenvalue weighted by atomic mass is 10.1. The molecule has 0 aliphatic heterocycles. The van der Waals surface area contributed by atoms with E-state index in [4.69, 9.17) is 5.11 Å². The van der Waals surface area contributed by atoms with Crippen molar-refractivity contribution in [3.8, 4) is 0 Å². The van der Waals surface area contributed by atoms with Gasteiger partial charge >= 0.3 is 18.1 Å². The topological polar surface area (TPSA) is 42.2 Å². The van der Waals surface area contributed by atoms with Crippen molar-refractivity contribution < 1.29 is 31.9 Å². The minimum atomic E-state index is -5.66. The normalized spacial score (nSPS) is 12.8. The van der Waals surface area contributed by atoms with Gasteiger partial charge in [-0.3, -0.25) is 0 Å². The number of carboxylic acid groups (broad SMARTS) is 1. The van der Waals surface area contributed by atoms with Gasteiger partial charge in [0.2, 0.25) is 0 Å². The average molecular weight is 293 g/mol. The molecule has 1 aromatic carbocycles. The van der Waals surface area contributed by atoms with Gasteiger partial charge in [0.25, 0.3) is 0 Å². The standard InChI is InChI=1S/C12H8F5NO2/c13-11(14,12(15,16)17)6-18-5-4-7-8(10(19)20)2-1-3-9(7)18/h1-5H,6H2,(H,19,20). The van der Waals surface area contributed by atoms with Crippen LogP contribution < -0.4 is 0 Å². The largest absolute Gasteiger partial charge is 0.478 e. The third-order valence-corrected chi connectivity index (χ3v) is 2.83. The Morgan fingerprint density at radius 1 is 1.15 bits per heavy atom. The molecule has 0 aliphatic rings. The summed E-state index contributed by atoms with van der Waals surface area (Å²) in [6.45, 7) is -1.59. The van der Waals surface area contributed by atoms with Gasteiger partial charge in [-0.05, 0) is 18.2 Å². The average Bonchev–Trinajstić information content (AvgIpc) is 2.70. The third-order valence-electron chi connectivity index (χ3n) is 2.83. The first kappa shape index (κ1) is 14.3. The highest BCUT2D eigenvalue weighted by atomic mass is 19.4. The SMILES string of the molecule is O=C(O)c1cccc2c1ccn2CC(F)(F)C(F)(F)F. The number of aromatic nitrogens is 1. The number of alkyl halides is 5. The Bertz CT molecular complexity index is 659. The predicted octanol–water partition coefficient (Wildman–Crippen LogP) is 3.54. The fourth-order valence-electron chi connectivity index (χ4n) is 1.85. The summed E-state index contributed by atoms with van der Waals surface area (Å²) in [6, 6.07) is 5.02. The Balaban J connectivity index is 2.48. The molecule has 0 saturated heterocycles. The maximum Gasteiger partial charge on any atom is 0.455 e. The van der Waals surface area contributed by atoms with Crippen LogP contribution in [0.25, 0.3) is 10.9 Å². The number of fused-ring (bicyclic) bond motifs is 1. The van der Waals surface area contributed by atoms with Crippen molar-refractivity contribution in [1.82, 2.24) is 4.57 Å². The Morgan fingerprint density at radius 3 is 2.35 bits per heavy atom. The molecule has 0 bridgehead atoms. The number of benzene rings is 1. The number of hydrogen-bond acceptors (Lipinski definition) is 1. The lowest BCUT2D eigenvalue weighted by Crippen LogP contribution is -2.40. The van der Waals surface area contributed by atoms with Crippen LogP contribution in [0, 0.1) is 0 Å². The van der Waals surface area contributed by atoms with Crippen molar-refractivity contribution in [1.29, 1.82) is 0 Å². The Morgan fingerprint density at radius 2 is 1.80 bits per heavy atom. The van der Waals surface area contributed by atoms with Gasteiger partial charge in [-0.25, -0.2) is 4.79 Å². The van der Waals surface area contributed by atoms with Crippen molar-refractivity contribution in [2.45, 2.75) is 18.6 Å². The first-order chi connectivity index (χ1) is 9.13. The van der Waals surface area contributed by atoms with Crippen LogP contribution in [-0.2, 0) is 6.54 Å². The Labute approximate surface area is 109 Å². The van der Waals surface area contributed by atoms with E-state index < -0.39 is 24.6 Å². The van der Waals surface area contributed by atoms with E-state index in [2.05, 4.69) is 0 Å². The molecule has 8 heteroatoms. The smallest absolute Gasteiger partial charge is 0.455 e. The second-order valence-electron chi connectivity index (χ2n) is 4.19. The Kier molecular flexibility index (Phi) is 3.19. The summed E-state index contributed by atoms with van der Waals surface area (Å²) in [7, 11) is 0. The molecule has 2 aromatic rings. The van der Waals surface area contributed by atoms with Crippen LogP contribution >= 0.6 is 0 Å². The molecule has 3 nitrogen and oxygen atoms in total. The number of halogens is 5. The molecule has 1 N–H and O–H groups in total. The summed E-state index contributed by atoms with van der Waals surface area (Å²) < 4.78 is 63.3. The zero-order valence-electron chi connectivity index (χ0n) is 9.79. The fraction of sp³-hybridized carbons (Fsp3) is 0.250. The molecule has 1 heterocycles. The third kappa shape index (κ3) is 2.33. The molecule has 20 heavy (non-hydrogen) atoms. The predicted molar refractivity (Wildman–Crippen MR) is 59.9 cm³/mol. The molecule has 0 fully saturated rings. The van der Waals surface area contributed by atoms with Gasteiger partial charge in [-0.15, -0.1) is 0 Å². The van der Waals surface area contributed by atoms with Gasteiger partial charge in [0.15, 0.2) is 0 Å². The van der Waals surface area contributed by atoms with E-state index in [-0.39, 0.29) is 16.5 Å². The van der Waals surface area contributed by atoms with Crippen molar-refractivity contribution in [2.75, 3.05) is 0 Å². The highest BCUT2D eigenvalue weighted by Crippen LogP contribution is 2.37. The van der Waals surface area contributed by atoms with E-state index >= 15 is 0 Å². The molecule has 0 spiro atoms. The first-order valence-corrected chi connectivity index (χ1v) is 5.39. The quantitative estimate of drug-likeness (QED) is 0.880. The minimum absolute atomic E-state index is 0.00817. The van der Waals surface area contributed by atoms with Crippen LogP contribution in [-0.4, -0.2) is 27.7 Å². The molecular formula is C12H8F5NO2. The Hall–Kier alpha value is -2.12. The molecule has 1 aromatic heterocycles. The molecule has 0 atom stereocenters. The number of aromatic carboxylic acids is 1. The fourth-order valence-corrected chi connectivity index (χ4v) is 1.85. The van der Waals surface area contributed by atoms with Gasteiger partial charge in [-0.1, -0.05) is 6.07 Å². The van der Waals surface area contributed by atoms with E-state index in [9.17, 15) is 26.7 Å². The maximum absolute atomic E-state index is 13.0. The molecule has 108 valence electrons. The zero-order valence-corrected chi connectivity index (χ0v) is 9.79. The summed E-state index contributed by atoms with van der Waals surface area (Å²) in [5.74, 6) is -6.17. The molecule has 0 radical (unpaired) electrons. The van der Waals surface area contributed by atoms with Crippen molar-refractivity contribution in [3.63, 3.8) is 0 Å². The highest BCUT2D eigenvalue weighted by Gasteiger charge is 2.57. The molecule has 0 saturated carbocycles. The molecule has 0 amide bonds. The summed E-state index contributed by atoms with van der Waals surface area (Å²) >= 11 is 0. The van der Waals surface area contributed by atoms with Crippen LogP contribution in [0.15, 0.2) is 30.5 Å². The van der Waals surface area contributed by atoms with Gasteiger partial charge in [0.1, 0.15) is 0 Å². The number of carboxylic acids is 1. The summed E-state index contributed by atoms with van der Waals surface area (Å²) in [5.41, 5.74) is -0.148. The van der Waals surface area contributed by atoms with Crippen LogP contribution in [0.5, 0.6) is 0 Å². The number of carbonyl (C=O) groups is 1. The maximum atomic E-state index is 13.0. The molecule has 2 rings (SSSR count). The van der Waals surface area contributed by atoms with E-state index in [1.54, 1.807) is 0 Å². The second kappa shape index (κ2) is 4.46. The zero-order chi connectivity index (χ0) is 15.1. The van der Waals surface area contributed by atoms with Crippen LogP contribution in [0.4, 0.5) is 22.0 Å². The first-order valence-electron chi connectivity index (χ1n) is 5.39. The lowest BCUT2D eigenvalue weighted by molar-refractivity contribution is -0.286. The second-order valence-corrected chi connectivity index (χ2v) is 4.19. The van der Waals surface area contributed by atoms with E-state index in [1.165, 1.54) is 24.3 Å². The van der Waals surface area contributed by atoms with Gasteiger partial charge in [-0.2, -0.15) is 22.0 Å². The van der Waals surface area contributed by atoms with E-state index in [0.717, 1.165) is 6.20 Å². The number of nitrogens with zero attached hydrogens (tertiary/aromatic N) is 1. The number of rotatable bonds is 3. The monoisotopic (exact) mass is 293 g/mol. The van der Waals surface area contributed by atoms with Crippen LogP contribution in [0.2, 0.25) is 0 Å². The number of hydrogen-bond donors (Lipinski definition) is 1. The summed E-state index contributed by atoms with van der Waals surface area (Å²) in [6.07, 6.45) is -4.65. The van der Waals surface area contributed by atoms with Gasteiger partial charge < -0.3 is 9.67 Å². The van der Waals surface area contributed by atoms with Gasteiger partial charge in [0, 0.05) is 17.1 Å². The van der Waals surface area contributed by atoms with Gasteiger partial charge in [0.05, 0.1) is 12.1 Å². The van der Waals surface area contributed by atoms with E-state index in [1.807, 2.05) is 0 Å². The van der Waals surface area contributed by atoms with Crippen molar-refractivity contribution in [3.05, 3.63) is 36.0 Å². The minimum Gasteiger partial charge on any atom is -0.478 e. The van der Waals surface area contributed by atoms with Crippen LogP contribution in [0.1, 0.15) is 10.4 Å². The van der Waals surface area contributed by atoms with Crippen LogP contribution in [0.3, 0.4) is 0 Å². The summed E-state index contributed by atoms with van der Waals surface area (Å²) in [4.78, 5) is 10.9. The van der Waals surface area contributed by atoms with E-state index in [0.29, 0.717) is 4.57 Å². The van der Waals surface area contributed by atoms with Crippen molar-refractivity contribution in [2.24, 2.45) is 0 Å². The summed E-state index contributed by atoms with van der Waals surface area (Å²) in [5, 5.41) is 9.03.